The summed E-state index contributed by atoms with van der Waals surface area (Å²) in [5.41, 5.74) is 4.12. The Morgan fingerprint density at radius 1 is 1.17 bits per heavy atom. The summed E-state index contributed by atoms with van der Waals surface area (Å²) in [5, 5.41) is 10.3. The largest absolute Gasteiger partial charge is 0.423 e. The molecule has 0 atom stereocenters. The molecule has 0 aliphatic heterocycles. The van der Waals surface area contributed by atoms with E-state index in [4.69, 9.17) is 4.42 Å². The Bertz CT molecular complexity index is 735. The third-order valence-electron chi connectivity index (χ3n) is 4.68. The summed E-state index contributed by atoms with van der Waals surface area (Å²) in [4.78, 5) is 14.1. The zero-order valence-electron chi connectivity index (χ0n) is 13.8. The van der Waals surface area contributed by atoms with Crippen LogP contribution in [0.2, 0.25) is 0 Å². The molecule has 1 aliphatic carbocycles. The molecule has 3 rings (SSSR count). The molecule has 1 aromatic heterocycles. The molecule has 0 unspecified atom stereocenters. The van der Waals surface area contributed by atoms with E-state index >= 15 is 0 Å². The molecule has 0 spiro atoms. The highest BCUT2D eigenvalue weighted by molar-refractivity contribution is 5.82. The first kappa shape index (κ1) is 16.2. The molecule has 1 heterocycles. The van der Waals surface area contributed by atoms with Crippen LogP contribution < -0.4 is 5.63 Å². The summed E-state index contributed by atoms with van der Waals surface area (Å²) in [6.07, 6.45) is 5.58. The van der Waals surface area contributed by atoms with Crippen LogP contribution in [0.1, 0.15) is 42.9 Å². The molecule has 0 saturated carbocycles. The van der Waals surface area contributed by atoms with Gasteiger partial charge in [-0.05, 0) is 61.1 Å². The summed E-state index contributed by atoms with van der Waals surface area (Å²) in [6, 6.07) is 5.86. The molecular formula is C19H25NO3. The quantitative estimate of drug-likeness (QED) is 0.798. The molecule has 124 valence electrons. The molecule has 0 amide bonds. The first-order valence-electron chi connectivity index (χ1n) is 8.63. The average Bonchev–Trinajstić information content (AvgIpc) is 2.98. The average molecular weight is 315 g/mol. The zero-order valence-corrected chi connectivity index (χ0v) is 13.8. The molecule has 0 bridgehead atoms. The van der Waals surface area contributed by atoms with Gasteiger partial charge in [0.1, 0.15) is 5.58 Å². The van der Waals surface area contributed by atoms with Crippen molar-refractivity contribution in [3.8, 4) is 0 Å². The van der Waals surface area contributed by atoms with Crippen LogP contribution in [0.15, 0.2) is 27.4 Å². The van der Waals surface area contributed by atoms with Gasteiger partial charge in [0.15, 0.2) is 0 Å². The second kappa shape index (κ2) is 7.28. The van der Waals surface area contributed by atoms with Gasteiger partial charge >= 0.3 is 5.63 Å². The zero-order chi connectivity index (χ0) is 16.2. The monoisotopic (exact) mass is 315 g/mol. The third-order valence-corrected chi connectivity index (χ3v) is 4.68. The SMILES string of the molecule is CCCCN(CCO)Cc1cc(=O)oc2cc3c(cc12)CCC3. The Morgan fingerprint density at radius 2 is 1.96 bits per heavy atom. The van der Waals surface area contributed by atoms with E-state index in [1.165, 1.54) is 17.5 Å². The van der Waals surface area contributed by atoms with Gasteiger partial charge in [-0.15, -0.1) is 0 Å². The van der Waals surface area contributed by atoms with Gasteiger partial charge in [0.05, 0.1) is 6.61 Å². The summed E-state index contributed by atoms with van der Waals surface area (Å²) in [5.74, 6) is 0. The number of nitrogens with zero attached hydrogens (tertiary/aromatic N) is 1. The van der Waals surface area contributed by atoms with Gasteiger partial charge < -0.3 is 9.52 Å². The van der Waals surface area contributed by atoms with E-state index < -0.39 is 0 Å². The van der Waals surface area contributed by atoms with E-state index in [0.29, 0.717) is 18.7 Å². The Hall–Kier alpha value is -1.65. The number of benzene rings is 1. The Kier molecular flexibility index (Phi) is 5.13. The first-order valence-corrected chi connectivity index (χ1v) is 8.63. The van der Waals surface area contributed by atoms with Crippen molar-refractivity contribution in [3.63, 3.8) is 0 Å². The number of unbranched alkanes of at least 4 members (excludes halogenated alkanes) is 1. The second-order valence-electron chi connectivity index (χ2n) is 6.41. The van der Waals surface area contributed by atoms with Gasteiger partial charge in [0.2, 0.25) is 0 Å². The maximum absolute atomic E-state index is 11.9. The van der Waals surface area contributed by atoms with Crippen LogP contribution in [0.4, 0.5) is 0 Å². The predicted molar refractivity (Wildman–Crippen MR) is 91.8 cm³/mol. The van der Waals surface area contributed by atoms with Gasteiger partial charge in [-0.25, -0.2) is 4.79 Å². The van der Waals surface area contributed by atoms with E-state index in [1.54, 1.807) is 6.07 Å². The molecule has 1 aromatic carbocycles. The van der Waals surface area contributed by atoms with Crippen molar-refractivity contribution < 1.29 is 9.52 Å². The molecular weight excluding hydrogens is 290 g/mol. The molecule has 1 N–H and O–H groups in total. The summed E-state index contributed by atoms with van der Waals surface area (Å²) in [6.45, 7) is 4.54. The molecule has 1 aliphatic rings. The normalized spacial score (nSPS) is 13.9. The van der Waals surface area contributed by atoms with E-state index in [9.17, 15) is 9.90 Å². The smallest absolute Gasteiger partial charge is 0.336 e. The summed E-state index contributed by atoms with van der Waals surface area (Å²) < 4.78 is 5.43. The van der Waals surface area contributed by atoms with Gasteiger partial charge in [-0.1, -0.05) is 13.3 Å². The summed E-state index contributed by atoms with van der Waals surface area (Å²) in [7, 11) is 0. The predicted octanol–water partition coefficient (Wildman–Crippen LogP) is 2.88. The molecule has 0 radical (unpaired) electrons. The number of aliphatic hydroxyl groups is 1. The molecule has 23 heavy (non-hydrogen) atoms. The highest BCUT2D eigenvalue weighted by Gasteiger charge is 2.16. The van der Waals surface area contributed by atoms with Crippen molar-refractivity contribution in [1.82, 2.24) is 4.90 Å². The van der Waals surface area contributed by atoms with Crippen LogP contribution in [-0.2, 0) is 19.4 Å². The Morgan fingerprint density at radius 3 is 2.70 bits per heavy atom. The lowest BCUT2D eigenvalue weighted by molar-refractivity contribution is 0.188. The van der Waals surface area contributed by atoms with E-state index in [1.807, 2.05) is 6.07 Å². The van der Waals surface area contributed by atoms with Crippen LogP contribution in [-0.4, -0.2) is 29.7 Å². The number of aryl methyl sites for hydroxylation is 2. The minimum Gasteiger partial charge on any atom is -0.423 e. The fourth-order valence-corrected chi connectivity index (χ4v) is 3.46. The number of aliphatic hydroxyl groups excluding tert-OH is 1. The van der Waals surface area contributed by atoms with E-state index in [-0.39, 0.29) is 12.2 Å². The highest BCUT2D eigenvalue weighted by atomic mass is 16.4. The first-order chi connectivity index (χ1) is 11.2. The van der Waals surface area contributed by atoms with Crippen molar-refractivity contribution in [2.75, 3.05) is 19.7 Å². The highest BCUT2D eigenvalue weighted by Crippen LogP contribution is 2.29. The van der Waals surface area contributed by atoms with Gasteiger partial charge in [-0.2, -0.15) is 0 Å². The van der Waals surface area contributed by atoms with Crippen molar-refractivity contribution in [2.24, 2.45) is 0 Å². The number of rotatable bonds is 7. The molecule has 0 fully saturated rings. The van der Waals surface area contributed by atoms with Crippen molar-refractivity contribution in [2.45, 2.75) is 45.6 Å². The molecule has 2 aromatic rings. The van der Waals surface area contributed by atoms with Crippen LogP contribution in [0.5, 0.6) is 0 Å². The lowest BCUT2D eigenvalue weighted by Gasteiger charge is -2.21. The van der Waals surface area contributed by atoms with Crippen LogP contribution in [0.3, 0.4) is 0 Å². The number of fused-ring (bicyclic) bond motifs is 2. The minimum atomic E-state index is -0.287. The standard InChI is InChI=1S/C19H25NO3/c1-2-3-7-20(8-9-21)13-16-12-19(22)23-18-11-15-6-4-5-14(15)10-17(16)18/h10-12,21H,2-9,13H2,1H3. The fourth-order valence-electron chi connectivity index (χ4n) is 3.46. The lowest BCUT2D eigenvalue weighted by atomic mass is 10.0. The van der Waals surface area contributed by atoms with Gasteiger partial charge in [0, 0.05) is 24.5 Å². The van der Waals surface area contributed by atoms with E-state index in [2.05, 4.69) is 17.9 Å². The van der Waals surface area contributed by atoms with Gasteiger partial charge in [-0.3, -0.25) is 4.90 Å². The second-order valence-corrected chi connectivity index (χ2v) is 6.41. The van der Waals surface area contributed by atoms with Crippen LogP contribution in [0, 0.1) is 0 Å². The minimum absolute atomic E-state index is 0.137. The van der Waals surface area contributed by atoms with Crippen molar-refractivity contribution in [3.05, 3.63) is 45.3 Å². The van der Waals surface area contributed by atoms with Crippen molar-refractivity contribution >= 4 is 11.0 Å². The van der Waals surface area contributed by atoms with Crippen molar-refractivity contribution in [1.29, 1.82) is 0 Å². The van der Waals surface area contributed by atoms with Crippen LogP contribution in [0.25, 0.3) is 11.0 Å². The maximum atomic E-state index is 11.9. The Balaban J connectivity index is 1.96. The fraction of sp³-hybridized carbons (Fsp3) is 0.526. The van der Waals surface area contributed by atoms with Crippen LogP contribution >= 0.6 is 0 Å². The van der Waals surface area contributed by atoms with Gasteiger partial charge in [0.25, 0.3) is 0 Å². The molecule has 4 heteroatoms. The maximum Gasteiger partial charge on any atom is 0.336 e. The topological polar surface area (TPSA) is 53.7 Å². The third kappa shape index (κ3) is 3.65. The molecule has 0 saturated heterocycles. The summed E-state index contributed by atoms with van der Waals surface area (Å²) >= 11 is 0. The Labute approximate surface area is 136 Å². The number of hydrogen-bond acceptors (Lipinski definition) is 4. The number of hydrogen-bond donors (Lipinski definition) is 1. The lowest BCUT2D eigenvalue weighted by Crippen LogP contribution is -2.28. The van der Waals surface area contributed by atoms with E-state index in [0.717, 1.165) is 43.2 Å². The molecule has 4 nitrogen and oxygen atoms in total.